The van der Waals surface area contributed by atoms with E-state index < -0.39 is 11.9 Å². The molecule has 0 spiro atoms. The SMILES string of the molecule is O=C(O)C1CNN2C=CCN=C12. The second-order valence-electron chi connectivity index (χ2n) is 2.71. The van der Waals surface area contributed by atoms with Gasteiger partial charge in [-0.05, 0) is 6.08 Å². The lowest BCUT2D eigenvalue weighted by Crippen LogP contribution is -2.32. The number of hydrogen-bond donors (Lipinski definition) is 2. The number of hydrogen-bond acceptors (Lipinski definition) is 4. The molecule has 2 aliphatic heterocycles. The first-order valence-electron chi connectivity index (χ1n) is 3.75. The van der Waals surface area contributed by atoms with Crippen LogP contribution in [0.1, 0.15) is 0 Å². The van der Waals surface area contributed by atoms with E-state index in [9.17, 15) is 4.79 Å². The number of aliphatic imine (C=N–C) groups is 1. The van der Waals surface area contributed by atoms with Gasteiger partial charge in [0.25, 0.3) is 0 Å². The van der Waals surface area contributed by atoms with Gasteiger partial charge in [0, 0.05) is 12.7 Å². The fraction of sp³-hybridized carbons (Fsp3) is 0.429. The number of aliphatic carboxylic acids is 1. The van der Waals surface area contributed by atoms with E-state index >= 15 is 0 Å². The summed E-state index contributed by atoms with van der Waals surface area (Å²) < 4.78 is 0. The second kappa shape index (κ2) is 2.60. The smallest absolute Gasteiger partial charge is 0.315 e. The first-order chi connectivity index (χ1) is 5.79. The van der Waals surface area contributed by atoms with Crippen LogP contribution in [0.2, 0.25) is 0 Å². The Balaban J connectivity index is 2.23. The highest BCUT2D eigenvalue weighted by atomic mass is 16.4. The average molecular weight is 167 g/mol. The van der Waals surface area contributed by atoms with E-state index in [0.717, 1.165) is 0 Å². The number of nitrogens with one attached hydrogen (secondary N) is 1. The number of amidine groups is 1. The topological polar surface area (TPSA) is 64.9 Å². The molecule has 0 radical (unpaired) electrons. The van der Waals surface area contributed by atoms with Crippen molar-refractivity contribution < 1.29 is 9.90 Å². The van der Waals surface area contributed by atoms with E-state index in [-0.39, 0.29) is 0 Å². The molecule has 2 aliphatic rings. The Labute approximate surface area is 69.4 Å². The summed E-state index contributed by atoms with van der Waals surface area (Å²) in [5.41, 5.74) is 2.92. The average Bonchev–Trinajstić information content (AvgIpc) is 2.47. The van der Waals surface area contributed by atoms with E-state index in [1.54, 1.807) is 5.01 Å². The standard InChI is InChI=1S/C7H9N3O2/c11-7(12)5-4-9-10-3-1-2-8-6(5)10/h1,3,5,9H,2,4H2,(H,11,12). The molecule has 2 N–H and O–H groups in total. The van der Waals surface area contributed by atoms with Crippen molar-refractivity contribution in [3.8, 4) is 0 Å². The zero-order valence-corrected chi connectivity index (χ0v) is 6.40. The summed E-state index contributed by atoms with van der Waals surface area (Å²) >= 11 is 0. The van der Waals surface area contributed by atoms with Crippen molar-refractivity contribution in [1.82, 2.24) is 10.4 Å². The Morgan fingerprint density at radius 2 is 2.67 bits per heavy atom. The number of rotatable bonds is 1. The monoisotopic (exact) mass is 167 g/mol. The van der Waals surface area contributed by atoms with Crippen molar-refractivity contribution >= 4 is 11.8 Å². The molecule has 64 valence electrons. The summed E-state index contributed by atoms with van der Waals surface area (Å²) in [4.78, 5) is 14.8. The van der Waals surface area contributed by atoms with Crippen LogP contribution in [0.5, 0.6) is 0 Å². The van der Waals surface area contributed by atoms with Crippen molar-refractivity contribution in [2.75, 3.05) is 13.1 Å². The number of carboxylic acid groups (broad SMARTS) is 1. The molecule has 1 fully saturated rings. The Morgan fingerprint density at radius 3 is 3.42 bits per heavy atom. The van der Waals surface area contributed by atoms with Gasteiger partial charge < -0.3 is 5.11 Å². The summed E-state index contributed by atoms with van der Waals surface area (Å²) in [6.45, 7) is 1.01. The van der Waals surface area contributed by atoms with Crippen LogP contribution < -0.4 is 5.43 Å². The molecule has 0 bridgehead atoms. The van der Waals surface area contributed by atoms with Crippen molar-refractivity contribution in [3.63, 3.8) is 0 Å². The molecule has 0 aromatic rings. The molecule has 0 saturated carbocycles. The van der Waals surface area contributed by atoms with Gasteiger partial charge in [-0.1, -0.05) is 0 Å². The van der Waals surface area contributed by atoms with Gasteiger partial charge in [0.2, 0.25) is 0 Å². The van der Waals surface area contributed by atoms with Gasteiger partial charge in [0.1, 0.15) is 11.8 Å². The highest BCUT2D eigenvalue weighted by Gasteiger charge is 2.34. The lowest BCUT2D eigenvalue weighted by Gasteiger charge is -2.16. The van der Waals surface area contributed by atoms with Crippen LogP contribution in [0.15, 0.2) is 17.3 Å². The first kappa shape index (κ1) is 7.30. The third kappa shape index (κ3) is 0.984. The summed E-state index contributed by atoms with van der Waals surface area (Å²) in [5, 5.41) is 10.4. The second-order valence-corrected chi connectivity index (χ2v) is 2.71. The minimum absolute atomic E-state index is 0.429. The number of carbonyl (C=O) groups is 1. The number of nitrogens with zero attached hydrogens (tertiary/aromatic N) is 2. The molecule has 0 aliphatic carbocycles. The third-order valence-corrected chi connectivity index (χ3v) is 1.94. The molecule has 1 atom stereocenters. The van der Waals surface area contributed by atoms with E-state index in [4.69, 9.17) is 5.11 Å². The molecule has 0 aromatic heterocycles. The molecular formula is C7H9N3O2. The number of hydrazine groups is 1. The fourth-order valence-corrected chi connectivity index (χ4v) is 1.34. The van der Waals surface area contributed by atoms with E-state index in [0.29, 0.717) is 18.9 Å². The minimum atomic E-state index is -0.820. The molecule has 2 rings (SSSR count). The van der Waals surface area contributed by atoms with Gasteiger partial charge in [-0.25, -0.2) is 5.43 Å². The maximum Gasteiger partial charge on any atom is 0.315 e. The summed E-state index contributed by atoms with van der Waals surface area (Å²) in [7, 11) is 0. The Bertz CT molecular complexity index is 272. The highest BCUT2D eigenvalue weighted by Crippen LogP contribution is 2.13. The molecule has 1 saturated heterocycles. The van der Waals surface area contributed by atoms with E-state index in [1.807, 2.05) is 12.3 Å². The predicted molar refractivity (Wildman–Crippen MR) is 42.4 cm³/mol. The Hall–Kier alpha value is -1.36. The minimum Gasteiger partial charge on any atom is -0.481 e. The maximum atomic E-state index is 10.7. The highest BCUT2D eigenvalue weighted by molar-refractivity contribution is 6.02. The normalized spacial score (nSPS) is 26.8. The van der Waals surface area contributed by atoms with Gasteiger partial charge in [0.15, 0.2) is 0 Å². The van der Waals surface area contributed by atoms with Crippen LogP contribution in [0.3, 0.4) is 0 Å². The van der Waals surface area contributed by atoms with E-state index in [2.05, 4.69) is 10.4 Å². The lowest BCUT2D eigenvalue weighted by atomic mass is 10.1. The first-order valence-corrected chi connectivity index (χ1v) is 3.75. The van der Waals surface area contributed by atoms with Crippen LogP contribution in [0.25, 0.3) is 0 Å². The zero-order chi connectivity index (χ0) is 8.55. The quantitative estimate of drug-likeness (QED) is 0.549. The van der Waals surface area contributed by atoms with Gasteiger partial charge in [0.05, 0.1) is 6.54 Å². The summed E-state index contributed by atoms with van der Waals surface area (Å²) in [6, 6.07) is 0. The summed E-state index contributed by atoms with van der Waals surface area (Å²) in [5.74, 6) is -0.695. The largest absolute Gasteiger partial charge is 0.481 e. The third-order valence-electron chi connectivity index (χ3n) is 1.94. The van der Waals surface area contributed by atoms with Crippen LogP contribution in [0.4, 0.5) is 0 Å². The van der Waals surface area contributed by atoms with Crippen molar-refractivity contribution in [2.24, 2.45) is 10.9 Å². The van der Waals surface area contributed by atoms with Crippen LogP contribution >= 0.6 is 0 Å². The maximum absolute atomic E-state index is 10.7. The Morgan fingerprint density at radius 1 is 1.83 bits per heavy atom. The van der Waals surface area contributed by atoms with Gasteiger partial charge in [-0.15, -0.1) is 0 Å². The molecule has 0 amide bonds. The predicted octanol–water partition coefficient (Wildman–Crippen LogP) is -0.567. The van der Waals surface area contributed by atoms with Crippen molar-refractivity contribution in [1.29, 1.82) is 0 Å². The van der Waals surface area contributed by atoms with Gasteiger partial charge >= 0.3 is 5.97 Å². The molecule has 0 aromatic carbocycles. The molecule has 12 heavy (non-hydrogen) atoms. The lowest BCUT2D eigenvalue weighted by molar-refractivity contribution is -0.138. The Kier molecular flexibility index (Phi) is 1.58. The van der Waals surface area contributed by atoms with Crippen molar-refractivity contribution in [3.05, 3.63) is 12.3 Å². The van der Waals surface area contributed by atoms with Crippen molar-refractivity contribution in [2.45, 2.75) is 0 Å². The molecule has 5 nitrogen and oxygen atoms in total. The molecule has 5 heteroatoms. The van der Waals surface area contributed by atoms with E-state index in [1.165, 1.54) is 0 Å². The zero-order valence-electron chi connectivity index (χ0n) is 6.40. The molecular weight excluding hydrogens is 158 g/mol. The van der Waals surface area contributed by atoms with Crippen LogP contribution in [0, 0.1) is 5.92 Å². The van der Waals surface area contributed by atoms with Gasteiger partial charge in [-0.3, -0.25) is 14.8 Å². The summed E-state index contributed by atoms with van der Waals surface area (Å²) in [6.07, 6.45) is 3.69. The van der Waals surface area contributed by atoms with Crippen LogP contribution in [-0.2, 0) is 4.79 Å². The number of carboxylic acids is 1. The van der Waals surface area contributed by atoms with Gasteiger partial charge in [-0.2, -0.15) is 0 Å². The molecule has 2 heterocycles. The number of fused-ring (bicyclic) bond motifs is 1. The molecule has 1 unspecified atom stereocenters. The fourth-order valence-electron chi connectivity index (χ4n) is 1.34. The van der Waals surface area contributed by atoms with Crippen LogP contribution in [-0.4, -0.2) is 35.0 Å².